The van der Waals surface area contributed by atoms with Gasteiger partial charge in [0.25, 0.3) is 8.32 Å². The molecule has 1 heterocycles. The fourth-order valence-corrected chi connectivity index (χ4v) is 9.09. The van der Waals surface area contributed by atoms with Crippen molar-refractivity contribution in [3.8, 4) is 0 Å². The average molecular weight is 443 g/mol. The standard InChI is InChI=1S/C25H34O5Si/c1-24(2,3)31(18-13-9-7-10-14-18,19-15-11-8-12-16-19)29-17-20-21(26)22(27)25(4,5)23(28-6)30-20/h7-16,20-21,23,26H,17H2,1-6H3/t20-,21-,23+/m1/s1. The molecule has 0 aromatic heterocycles. The minimum atomic E-state index is -2.80. The van der Waals surface area contributed by atoms with E-state index in [9.17, 15) is 9.90 Å². The van der Waals surface area contributed by atoms with E-state index in [1.54, 1.807) is 13.8 Å². The number of rotatable bonds is 6. The molecule has 2 aromatic rings. The van der Waals surface area contributed by atoms with Crippen LogP contribution in [0, 0.1) is 5.41 Å². The molecule has 0 unspecified atom stereocenters. The monoisotopic (exact) mass is 442 g/mol. The van der Waals surface area contributed by atoms with Crippen LogP contribution in [0.15, 0.2) is 60.7 Å². The molecule has 3 atom stereocenters. The highest BCUT2D eigenvalue weighted by atomic mass is 28.4. The lowest BCUT2D eigenvalue weighted by molar-refractivity contribution is -0.253. The van der Waals surface area contributed by atoms with E-state index in [0.717, 1.165) is 10.4 Å². The first kappa shape index (κ1) is 23.8. The number of carbonyl (C=O) groups excluding carboxylic acids is 1. The van der Waals surface area contributed by atoms with Gasteiger partial charge in [-0.15, -0.1) is 0 Å². The molecule has 0 bridgehead atoms. The van der Waals surface area contributed by atoms with E-state index in [4.69, 9.17) is 13.9 Å². The van der Waals surface area contributed by atoms with Gasteiger partial charge in [0, 0.05) is 7.11 Å². The van der Waals surface area contributed by atoms with Crippen molar-refractivity contribution in [2.45, 2.75) is 58.2 Å². The Kier molecular flexibility index (Phi) is 6.89. The summed E-state index contributed by atoms with van der Waals surface area (Å²) in [6.45, 7) is 10.1. The van der Waals surface area contributed by atoms with Crippen molar-refractivity contribution in [1.82, 2.24) is 0 Å². The van der Waals surface area contributed by atoms with E-state index in [1.807, 2.05) is 36.4 Å². The number of Topliss-reactive ketones (excluding diaryl/α,β-unsaturated/α-hetero) is 1. The molecule has 1 N–H and O–H groups in total. The van der Waals surface area contributed by atoms with E-state index in [0.29, 0.717) is 0 Å². The van der Waals surface area contributed by atoms with E-state index >= 15 is 0 Å². The van der Waals surface area contributed by atoms with Gasteiger partial charge in [0.2, 0.25) is 0 Å². The molecule has 168 valence electrons. The largest absolute Gasteiger partial charge is 0.405 e. The third-order valence-corrected chi connectivity index (χ3v) is 11.2. The maximum Gasteiger partial charge on any atom is 0.261 e. The third kappa shape index (κ3) is 4.27. The van der Waals surface area contributed by atoms with Crippen LogP contribution >= 0.6 is 0 Å². The Hall–Kier alpha value is -1.83. The van der Waals surface area contributed by atoms with Crippen molar-refractivity contribution >= 4 is 24.5 Å². The number of methoxy groups -OCH3 is 1. The zero-order chi connectivity index (χ0) is 22.9. The molecule has 5 nitrogen and oxygen atoms in total. The van der Waals surface area contributed by atoms with Crippen LogP contribution in [0.25, 0.3) is 0 Å². The second-order valence-corrected chi connectivity index (χ2v) is 14.1. The number of hydrogen-bond acceptors (Lipinski definition) is 5. The van der Waals surface area contributed by atoms with Crippen LogP contribution in [-0.2, 0) is 18.7 Å². The van der Waals surface area contributed by atoms with Gasteiger partial charge in [-0.2, -0.15) is 0 Å². The number of ketones is 1. The Morgan fingerprint density at radius 2 is 1.48 bits per heavy atom. The highest BCUT2D eigenvalue weighted by Gasteiger charge is 2.53. The average Bonchev–Trinajstić information content (AvgIpc) is 2.74. The second-order valence-electron chi connectivity index (χ2n) is 9.75. The Labute approximate surface area is 186 Å². The zero-order valence-corrected chi connectivity index (χ0v) is 20.3. The minimum Gasteiger partial charge on any atom is -0.405 e. The Morgan fingerprint density at radius 1 is 1.00 bits per heavy atom. The van der Waals surface area contributed by atoms with Crippen molar-refractivity contribution < 1.29 is 23.8 Å². The minimum absolute atomic E-state index is 0.0934. The summed E-state index contributed by atoms with van der Waals surface area (Å²) >= 11 is 0. The van der Waals surface area contributed by atoms with Crippen molar-refractivity contribution in [3.63, 3.8) is 0 Å². The summed E-state index contributed by atoms with van der Waals surface area (Å²) < 4.78 is 18.3. The molecule has 3 rings (SSSR count). The van der Waals surface area contributed by atoms with Crippen LogP contribution in [0.4, 0.5) is 0 Å². The number of aliphatic hydroxyl groups excluding tert-OH is 1. The smallest absolute Gasteiger partial charge is 0.261 e. The summed E-state index contributed by atoms with van der Waals surface area (Å²) in [5, 5.41) is 12.8. The molecular weight excluding hydrogens is 408 g/mol. The summed E-state index contributed by atoms with van der Waals surface area (Å²) in [5.74, 6) is -0.290. The van der Waals surface area contributed by atoms with Gasteiger partial charge >= 0.3 is 0 Å². The van der Waals surface area contributed by atoms with Gasteiger partial charge in [-0.3, -0.25) is 4.79 Å². The lowest BCUT2D eigenvalue weighted by Gasteiger charge is -2.46. The summed E-state index contributed by atoms with van der Waals surface area (Å²) in [6.07, 6.45) is -2.80. The first-order valence-corrected chi connectivity index (χ1v) is 12.6. The Balaban J connectivity index is 2.01. The first-order valence-electron chi connectivity index (χ1n) is 10.7. The summed E-state index contributed by atoms with van der Waals surface area (Å²) in [4.78, 5) is 12.8. The van der Waals surface area contributed by atoms with Crippen LogP contribution in [0.2, 0.25) is 5.04 Å². The predicted octanol–water partition coefficient (Wildman–Crippen LogP) is 2.89. The maximum absolute atomic E-state index is 12.8. The number of ether oxygens (including phenoxy) is 2. The van der Waals surface area contributed by atoms with E-state index in [-0.39, 0.29) is 17.4 Å². The first-order chi connectivity index (χ1) is 14.6. The topological polar surface area (TPSA) is 65.0 Å². The molecule has 0 radical (unpaired) electrons. The van der Waals surface area contributed by atoms with Crippen molar-refractivity contribution in [1.29, 1.82) is 0 Å². The molecule has 0 aliphatic carbocycles. The second kappa shape index (κ2) is 8.96. The molecule has 0 saturated carbocycles. The van der Waals surface area contributed by atoms with Crippen molar-refractivity contribution in [2.75, 3.05) is 13.7 Å². The SMILES string of the molecule is CO[C@H]1O[C@H](CO[Si](c2ccccc2)(c2ccccc2)C(C)(C)C)[C@@H](O)C(=O)C1(C)C. The van der Waals surface area contributed by atoms with Gasteiger partial charge in [-0.05, 0) is 29.3 Å². The van der Waals surface area contributed by atoms with Crippen LogP contribution in [0.3, 0.4) is 0 Å². The number of benzene rings is 2. The molecule has 31 heavy (non-hydrogen) atoms. The lowest BCUT2D eigenvalue weighted by atomic mass is 9.80. The van der Waals surface area contributed by atoms with Gasteiger partial charge in [0.05, 0.1) is 12.0 Å². The van der Waals surface area contributed by atoms with Crippen LogP contribution in [0.5, 0.6) is 0 Å². The maximum atomic E-state index is 12.8. The molecule has 1 saturated heterocycles. The van der Waals surface area contributed by atoms with Gasteiger partial charge < -0.3 is 19.0 Å². The molecule has 0 spiro atoms. The molecule has 0 amide bonds. The van der Waals surface area contributed by atoms with E-state index < -0.39 is 32.2 Å². The molecular formula is C25H34O5Si. The molecule has 1 aliphatic rings. The van der Waals surface area contributed by atoms with E-state index in [2.05, 4.69) is 45.0 Å². The number of hydrogen-bond donors (Lipinski definition) is 1. The van der Waals surface area contributed by atoms with Gasteiger partial charge in [-0.1, -0.05) is 81.4 Å². The normalized spacial score (nSPS) is 24.2. The Morgan fingerprint density at radius 3 is 1.90 bits per heavy atom. The highest BCUT2D eigenvalue weighted by Crippen LogP contribution is 2.38. The number of carbonyl (C=O) groups is 1. The predicted molar refractivity (Wildman–Crippen MR) is 124 cm³/mol. The number of aliphatic hydroxyl groups is 1. The third-order valence-electron chi connectivity index (χ3n) is 6.24. The Bertz CT molecular complexity index is 836. The summed E-state index contributed by atoms with van der Waals surface area (Å²) in [5.41, 5.74) is -0.929. The van der Waals surface area contributed by atoms with Crippen LogP contribution in [-0.4, -0.2) is 51.4 Å². The van der Waals surface area contributed by atoms with Gasteiger partial charge in [0.1, 0.15) is 12.2 Å². The fourth-order valence-electron chi connectivity index (χ4n) is 4.52. The quantitative estimate of drug-likeness (QED) is 0.697. The molecule has 1 fully saturated rings. The summed E-state index contributed by atoms with van der Waals surface area (Å²) in [7, 11) is -1.28. The summed E-state index contributed by atoms with van der Waals surface area (Å²) in [6, 6.07) is 20.5. The molecule has 2 aromatic carbocycles. The molecule has 1 aliphatic heterocycles. The van der Waals surface area contributed by atoms with E-state index in [1.165, 1.54) is 7.11 Å². The molecule has 6 heteroatoms. The van der Waals surface area contributed by atoms with Gasteiger partial charge in [-0.25, -0.2) is 0 Å². The zero-order valence-electron chi connectivity index (χ0n) is 19.3. The van der Waals surface area contributed by atoms with Crippen molar-refractivity contribution in [2.24, 2.45) is 5.41 Å². The van der Waals surface area contributed by atoms with Gasteiger partial charge in [0.15, 0.2) is 12.1 Å². The van der Waals surface area contributed by atoms with Crippen molar-refractivity contribution in [3.05, 3.63) is 60.7 Å². The van der Waals surface area contributed by atoms with Crippen LogP contribution < -0.4 is 10.4 Å². The lowest BCUT2D eigenvalue weighted by Crippen LogP contribution is -2.68. The van der Waals surface area contributed by atoms with Crippen LogP contribution in [0.1, 0.15) is 34.6 Å². The fraction of sp³-hybridized carbons (Fsp3) is 0.480. The highest BCUT2D eigenvalue weighted by molar-refractivity contribution is 6.99.